The van der Waals surface area contributed by atoms with Gasteiger partial charge in [0, 0.05) is 43.8 Å². The maximum absolute atomic E-state index is 13.2. The summed E-state index contributed by atoms with van der Waals surface area (Å²) in [6.45, 7) is 19.9. The highest BCUT2D eigenvalue weighted by atomic mass is 19.1. The van der Waals surface area contributed by atoms with Crippen LogP contribution in [0.2, 0.25) is 0 Å². The Balaban J connectivity index is 1.57. The lowest BCUT2D eigenvalue weighted by Crippen LogP contribution is -2.25. The average molecular weight is 647 g/mol. The molecule has 0 saturated heterocycles. The number of aryl methyl sites for hydroxylation is 1. The lowest BCUT2D eigenvalue weighted by Gasteiger charge is -2.18. The smallest absolute Gasteiger partial charge is 0.150 e. The number of imidazole rings is 1. The molecule has 4 aromatic rings. The largest absolute Gasteiger partial charge is 0.493 e. The maximum Gasteiger partial charge on any atom is 0.150 e. The molecule has 1 heterocycles. The van der Waals surface area contributed by atoms with Gasteiger partial charge < -0.3 is 28.6 Å². The van der Waals surface area contributed by atoms with Crippen LogP contribution in [0.1, 0.15) is 65.9 Å². The number of unbranched alkanes of at least 4 members (excludes halogenated alkanes) is 1. The van der Waals surface area contributed by atoms with Gasteiger partial charge in [0.1, 0.15) is 28.7 Å². The Morgan fingerprint density at radius 2 is 1.30 bits per heavy atom. The molecule has 0 N–H and O–H groups in total. The number of rotatable bonds is 22. The normalized spacial score (nSPS) is 11.6. The number of ether oxygens (including phenoxy) is 3. The van der Waals surface area contributed by atoms with Crippen molar-refractivity contribution in [2.24, 2.45) is 0 Å². The summed E-state index contributed by atoms with van der Waals surface area (Å²) >= 11 is 0. The van der Waals surface area contributed by atoms with Gasteiger partial charge in [-0.15, -0.1) is 0 Å². The predicted molar refractivity (Wildman–Crippen MR) is 191 cm³/mol. The van der Waals surface area contributed by atoms with E-state index < -0.39 is 0 Å². The Morgan fingerprint density at radius 1 is 0.681 bits per heavy atom. The molecule has 0 radical (unpaired) electrons. The van der Waals surface area contributed by atoms with Crippen molar-refractivity contribution in [1.82, 2.24) is 19.4 Å². The van der Waals surface area contributed by atoms with E-state index in [9.17, 15) is 4.39 Å². The van der Waals surface area contributed by atoms with E-state index in [1.165, 1.54) is 12.1 Å². The van der Waals surface area contributed by atoms with Gasteiger partial charge in [-0.1, -0.05) is 53.2 Å². The highest BCUT2D eigenvalue weighted by Crippen LogP contribution is 2.35. The van der Waals surface area contributed by atoms with E-state index >= 15 is 0 Å². The Hall–Kier alpha value is -3.62. The van der Waals surface area contributed by atoms with Crippen LogP contribution in [0.5, 0.6) is 17.2 Å². The van der Waals surface area contributed by atoms with Crippen LogP contribution in [0, 0.1) is 5.82 Å². The van der Waals surface area contributed by atoms with Crippen LogP contribution in [0.25, 0.3) is 22.4 Å². The minimum atomic E-state index is -0.223. The van der Waals surface area contributed by atoms with Crippen molar-refractivity contribution in [3.8, 4) is 28.6 Å². The predicted octanol–water partition coefficient (Wildman–Crippen LogP) is 8.49. The monoisotopic (exact) mass is 646 g/mol. The van der Waals surface area contributed by atoms with Crippen molar-refractivity contribution in [3.05, 3.63) is 72.0 Å². The van der Waals surface area contributed by atoms with Crippen molar-refractivity contribution in [2.45, 2.75) is 73.3 Å². The number of nitrogens with zero attached hydrogens (tertiary/aromatic N) is 4. The highest BCUT2D eigenvalue weighted by Gasteiger charge is 2.19. The third-order valence-corrected chi connectivity index (χ3v) is 8.77. The fraction of sp³-hybridized carbons (Fsp3) is 0.513. The van der Waals surface area contributed by atoms with Gasteiger partial charge in [0.05, 0.1) is 25.3 Å². The molecule has 256 valence electrons. The molecule has 7 nitrogen and oxygen atoms in total. The molecule has 0 spiro atoms. The van der Waals surface area contributed by atoms with E-state index in [1.807, 2.05) is 18.2 Å². The molecule has 0 unspecified atom stereocenters. The molecule has 0 amide bonds. The van der Waals surface area contributed by atoms with E-state index in [-0.39, 0.29) is 5.82 Å². The molecule has 8 heteroatoms. The number of benzene rings is 3. The van der Waals surface area contributed by atoms with Crippen molar-refractivity contribution in [3.63, 3.8) is 0 Å². The molecule has 0 aliphatic carbocycles. The van der Waals surface area contributed by atoms with E-state index in [2.05, 4.69) is 67.2 Å². The molecule has 0 fully saturated rings. The lowest BCUT2D eigenvalue weighted by molar-refractivity contribution is 0.243. The van der Waals surface area contributed by atoms with Crippen LogP contribution in [0.3, 0.4) is 0 Å². The Morgan fingerprint density at radius 3 is 1.91 bits per heavy atom. The third-order valence-electron chi connectivity index (χ3n) is 8.77. The first-order valence-electron chi connectivity index (χ1n) is 17.7. The van der Waals surface area contributed by atoms with Gasteiger partial charge in [-0.3, -0.25) is 0 Å². The first kappa shape index (κ1) is 36.2. The van der Waals surface area contributed by atoms with Crippen LogP contribution < -0.4 is 14.2 Å². The molecule has 47 heavy (non-hydrogen) atoms. The second-order valence-corrected chi connectivity index (χ2v) is 11.9. The SMILES string of the molecule is CCCCn1c(-c2ccc(OCCc3ccc(F)cc3)cc2)nc2c(OCCCN(CC)CC)cc(OCCCN(CC)CC)cc21. The molecule has 0 aliphatic heterocycles. The highest BCUT2D eigenvalue weighted by molar-refractivity contribution is 5.87. The van der Waals surface area contributed by atoms with Crippen molar-refractivity contribution in [1.29, 1.82) is 0 Å². The summed E-state index contributed by atoms with van der Waals surface area (Å²) in [5.74, 6) is 3.09. The summed E-state index contributed by atoms with van der Waals surface area (Å²) in [5.41, 5.74) is 3.98. The fourth-order valence-corrected chi connectivity index (χ4v) is 5.79. The molecule has 3 aromatic carbocycles. The van der Waals surface area contributed by atoms with Gasteiger partial charge in [-0.05, 0) is 87.4 Å². The maximum atomic E-state index is 13.2. The van der Waals surface area contributed by atoms with Gasteiger partial charge in [0.25, 0.3) is 0 Å². The van der Waals surface area contributed by atoms with Crippen molar-refractivity contribution >= 4 is 11.0 Å². The molecular formula is C39H55FN4O3. The summed E-state index contributed by atoms with van der Waals surface area (Å²) in [4.78, 5) is 10.0. The summed E-state index contributed by atoms with van der Waals surface area (Å²) in [6.07, 6.45) is 4.75. The van der Waals surface area contributed by atoms with Gasteiger partial charge >= 0.3 is 0 Å². The van der Waals surface area contributed by atoms with Gasteiger partial charge in [-0.25, -0.2) is 9.37 Å². The number of hydrogen-bond acceptors (Lipinski definition) is 6. The van der Waals surface area contributed by atoms with E-state index in [0.717, 1.165) is 117 Å². The van der Waals surface area contributed by atoms with Crippen LogP contribution in [-0.2, 0) is 13.0 Å². The summed E-state index contributed by atoms with van der Waals surface area (Å²) < 4.78 is 34.4. The van der Waals surface area contributed by atoms with Gasteiger partial charge in [0.2, 0.25) is 0 Å². The zero-order chi connectivity index (χ0) is 33.4. The van der Waals surface area contributed by atoms with Crippen LogP contribution in [0.15, 0.2) is 60.7 Å². The fourth-order valence-electron chi connectivity index (χ4n) is 5.79. The Labute approximate surface area is 281 Å². The topological polar surface area (TPSA) is 52.0 Å². The van der Waals surface area contributed by atoms with E-state index in [0.29, 0.717) is 26.2 Å². The van der Waals surface area contributed by atoms with Crippen LogP contribution in [-0.4, -0.2) is 78.4 Å². The van der Waals surface area contributed by atoms with Crippen molar-refractivity contribution in [2.75, 3.05) is 59.1 Å². The second-order valence-electron chi connectivity index (χ2n) is 11.9. The first-order chi connectivity index (χ1) is 23.0. The standard InChI is InChI=1S/C39H55FN4O3/c1-6-11-25-44-36-29-35(45-26-12-23-42(7-2)8-3)30-37(47-27-13-24-43(9-4)10-5)38(36)41-39(44)32-16-20-34(21-17-32)46-28-22-31-14-18-33(40)19-15-31/h14-21,29-30H,6-13,22-28H2,1-5H3. The Bertz CT molecular complexity index is 1460. The minimum absolute atomic E-state index is 0.223. The number of halogens is 1. The molecular weight excluding hydrogens is 591 g/mol. The summed E-state index contributed by atoms with van der Waals surface area (Å²) in [6, 6.07) is 18.9. The van der Waals surface area contributed by atoms with Crippen LogP contribution in [0.4, 0.5) is 4.39 Å². The zero-order valence-corrected chi connectivity index (χ0v) is 29.3. The van der Waals surface area contributed by atoms with E-state index in [4.69, 9.17) is 19.2 Å². The second kappa shape index (κ2) is 19.3. The number of aromatic nitrogens is 2. The van der Waals surface area contributed by atoms with Crippen LogP contribution >= 0.6 is 0 Å². The molecule has 0 saturated carbocycles. The lowest BCUT2D eigenvalue weighted by atomic mass is 10.1. The molecule has 0 atom stereocenters. The third kappa shape index (κ3) is 10.7. The molecule has 4 rings (SSSR count). The quantitative estimate of drug-likeness (QED) is 0.0799. The summed E-state index contributed by atoms with van der Waals surface area (Å²) in [7, 11) is 0. The van der Waals surface area contributed by atoms with Gasteiger partial charge in [0.15, 0.2) is 5.75 Å². The number of hydrogen-bond donors (Lipinski definition) is 0. The zero-order valence-electron chi connectivity index (χ0n) is 29.3. The number of fused-ring (bicyclic) bond motifs is 1. The molecule has 1 aromatic heterocycles. The minimum Gasteiger partial charge on any atom is -0.493 e. The van der Waals surface area contributed by atoms with Crippen molar-refractivity contribution < 1.29 is 18.6 Å². The summed E-state index contributed by atoms with van der Waals surface area (Å²) in [5, 5.41) is 0. The first-order valence-corrected chi connectivity index (χ1v) is 17.7. The molecule has 0 bridgehead atoms. The van der Waals surface area contributed by atoms with Gasteiger partial charge in [-0.2, -0.15) is 0 Å². The van der Waals surface area contributed by atoms with E-state index in [1.54, 1.807) is 12.1 Å². The Kier molecular flexibility index (Phi) is 14.8. The molecule has 0 aliphatic rings. The average Bonchev–Trinajstić information content (AvgIpc) is 3.47.